The third-order valence-corrected chi connectivity index (χ3v) is 3.50. The van der Waals surface area contributed by atoms with Crippen molar-refractivity contribution in [1.82, 2.24) is 4.98 Å². The fourth-order valence-electron chi connectivity index (χ4n) is 0.894. The molecule has 0 fully saturated rings. The van der Waals surface area contributed by atoms with E-state index in [-0.39, 0.29) is 5.88 Å². The number of nitrogens with zero attached hydrogens (tertiary/aromatic N) is 1. The van der Waals surface area contributed by atoms with Crippen LogP contribution in [0, 0.1) is 6.92 Å². The number of hydrogen-bond acceptors (Lipinski definition) is 4. The molecule has 2 rings (SSSR count). The molecule has 4 heteroatoms. The Balaban J connectivity index is 2.48. The zero-order valence-corrected chi connectivity index (χ0v) is 8.08. The molecule has 0 bridgehead atoms. The van der Waals surface area contributed by atoms with Crippen LogP contribution in [0.15, 0.2) is 17.5 Å². The summed E-state index contributed by atoms with van der Waals surface area (Å²) in [7, 11) is 0. The molecule has 1 N–H and O–H groups in total. The number of aryl methyl sites for hydroxylation is 1. The summed E-state index contributed by atoms with van der Waals surface area (Å²) in [4.78, 5) is 6.02. The lowest BCUT2D eigenvalue weighted by molar-refractivity contribution is 0.454. The molecule has 0 unspecified atom stereocenters. The fraction of sp³-hybridized carbons (Fsp3) is 0.125. The van der Waals surface area contributed by atoms with Gasteiger partial charge in [0.15, 0.2) is 0 Å². The van der Waals surface area contributed by atoms with Crippen LogP contribution in [0.4, 0.5) is 0 Å². The Morgan fingerprint density at radius 2 is 2.33 bits per heavy atom. The number of rotatable bonds is 1. The highest BCUT2D eigenvalue weighted by molar-refractivity contribution is 7.21. The minimum absolute atomic E-state index is 0.156. The molecule has 0 saturated heterocycles. The van der Waals surface area contributed by atoms with Crippen LogP contribution in [-0.2, 0) is 0 Å². The predicted molar refractivity (Wildman–Crippen MR) is 51.8 cm³/mol. The molecular formula is C8H7NOS2. The lowest BCUT2D eigenvalue weighted by Gasteiger charge is -1.84. The summed E-state index contributed by atoms with van der Waals surface area (Å²) in [5.74, 6) is 0.156. The van der Waals surface area contributed by atoms with Gasteiger partial charge in [-0.3, -0.25) is 0 Å². The summed E-state index contributed by atoms with van der Waals surface area (Å²) in [6, 6.07) is 3.98. The van der Waals surface area contributed by atoms with Crippen molar-refractivity contribution in [3.8, 4) is 15.8 Å². The second kappa shape index (κ2) is 2.88. The van der Waals surface area contributed by atoms with E-state index < -0.39 is 0 Å². The smallest absolute Gasteiger partial charge is 0.225 e. The molecule has 0 aliphatic carbocycles. The Kier molecular flexibility index (Phi) is 1.86. The van der Waals surface area contributed by atoms with Gasteiger partial charge < -0.3 is 5.11 Å². The SMILES string of the molecule is Cc1sc(-c2cccs2)nc1O. The number of thiazole rings is 1. The molecule has 0 spiro atoms. The van der Waals surface area contributed by atoms with Crippen LogP contribution >= 0.6 is 22.7 Å². The molecular weight excluding hydrogens is 190 g/mol. The van der Waals surface area contributed by atoms with Crippen molar-refractivity contribution >= 4 is 22.7 Å². The molecule has 0 aliphatic rings. The molecule has 12 heavy (non-hydrogen) atoms. The van der Waals surface area contributed by atoms with Gasteiger partial charge in [0, 0.05) is 0 Å². The molecule has 0 aliphatic heterocycles. The van der Waals surface area contributed by atoms with E-state index in [0.29, 0.717) is 0 Å². The van der Waals surface area contributed by atoms with Crippen LogP contribution < -0.4 is 0 Å². The standard InChI is InChI=1S/C8H7NOS2/c1-5-7(10)9-8(12-5)6-3-2-4-11-6/h2-4,10H,1H3. The van der Waals surface area contributed by atoms with Crippen LogP contribution in [0.5, 0.6) is 5.88 Å². The summed E-state index contributed by atoms with van der Waals surface area (Å²) < 4.78 is 0. The van der Waals surface area contributed by atoms with Crippen LogP contribution in [0.2, 0.25) is 0 Å². The third-order valence-electron chi connectivity index (χ3n) is 1.50. The second-order valence-electron chi connectivity index (χ2n) is 2.38. The predicted octanol–water partition coefficient (Wildman–Crippen LogP) is 2.89. The molecule has 0 radical (unpaired) electrons. The van der Waals surface area contributed by atoms with Crippen molar-refractivity contribution in [2.24, 2.45) is 0 Å². The van der Waals surface area contributed by atoms with Crippen LogP contribution in [0.1, 0.15) is 4.88 Å². The van der Waals surface area contributed by atoms with Gasteiger partial charge in [0.2, 0.25) is 5.88 Å². The molecule has 0 atom stereocenters. The highest BCUT2D eigenvalue weighted by Gasteiger charge is 2.07. The first-order valence-electron chi connectivity index (χ1n) is 3.47. The maximum atomic E-state index is 9.24. The molecule has 2 aromatic rings. The van der Waals surface area contributed by atoms with Crippen molar-refractivity contribution in [1.29, 1.82) is 0 Å². The lowest BCUT2D eigenvalue weighted by atomic mass is 10.5. The summed E-state index contributed by atoms with van der Waals surface area (Å²) >= 11 is 3.16. The van der Waals surface area contributed by atoms with E-state index in [4.69, 9.17) is 0 Å². The molecule has 2 heterocycles. The Labute approximate surface area is 78.1 Å². The second-order valence-corrected chi connectivity index (χ2v) is 4.53. The maximum Gasteiger partial charge on any atom is 0.225 e. The van der Waals surface area contributed by atoms with Gasteiger partial charge in [0.1, 0.15) is 5.01 Å². The van der Waals surface area contributed by atoms with Gasteiger partial charge in [0.05, 0.1) is 9.75 Å². The summed E-state index contributed by atoms with van der Waals surface area (Å²) in [6.07, 6.45) is 0. The highest BCUT2D eigenvalue weighted by atomic mass is 32.1. The van der Waals surface area contributed by atoms with Gasteiger partial charge in [-0.25, -0.2) is 4.98 Å². The van der Waals surface area contributed by atoms with Crippen LogP contribution in [0.25, 0.3) is 9.88 Å². The fourth-order valence-corrected chi connectivity index (χ4v) is 2.50. The molecule has 0 amide bonds. The van der Waals surface area contributed by atoms with E-state index in [0.717, 1.165) is 14.8 Å². The molecule has 0 aromatic carbocycles. The largest absolute Gasteiger partial charge is 0.492 e. The van der Waals surface area contributed by atoms with E-state index in [1.807, 2.05) is 24.4 Å². The topological polar surface area (TPSA) is 33.1 Å². The van der Waals surface area contributed by atoms with Crippen LogP contribution in [-0.4, -0.2) is 10.1 Å². The van der Waals surface area contributed by atoms with Gasteiger partial charge in [-0.15, -0.1) is 22.7 Å². The first-order chi connectivity index (χ1) is 5.77. The maximum absolute atomic E-state index is 9.24. The molecule has 62 valence electrons. The van der Waals surface area contributed by atoms with Crippen molar-refractivity contribution in [3.05, 3.63) is 22.4 Å². The van der Waals surface area contributed by atoms with Crippen molar-refractivity contribution in [3.63, 3.8) is 0 Å². The summed E-state index contributed by atoms with van der Waals surface area (Å²) in [6.45, 7) is 1.87. The highest BCUT2D eigenvalue weighted by Crippen LogP contribution is 2.33. The number of thiophene rings is 1. The van der Waals surface area contributed by atoms with Crippen molar-refractivity contribution in [2.75, 3.05) is 0 Å². The Hall–Kier alpha value is -0.870. The first-order valence-corrected chi connectivity index (χ1v) is 5.17. The van der Waals surface area contributed by atoms with Gasteiger partial charge in [-0.05, 0) is 18.4 Å². The zero-order valence-electron chi connectivity index (χ0n) is 6.44. The quantitative estimate of drug-likeness (QED) is 0.762. The first kappa shape index (κ1) is 7.76. The van der Waals surface area contributed by atoms with Gasteiger partial charge in [-0.2, -0.15) is 0 Å². The van der Waals surface area contributed by atoms with Gasteiger partial charge in [0.25, 0.3) is 0 Å². The molecule has 2 nitrogen and oxygen atoms in total. The van der Waals surface area contributed by atoms with E-state index in [1.54, 1.807) is 11.3 Å². The van der Waals surface area contributed by atoms with E-state index >= 15 is 0 Å². The summed E-state index contributed by atoms with van der Waals surface area (Å²) in [5.41, 5.74) is 0. The zero-order chi connectivity index (χ0) is 8.55. The Morgan fingerprint density at radius 3 is 2.83 bits per heavy atom. The lowest BCUT2D eigenvalue weighted by Crippen LogP contribution is -1.67. The van der Waals surface area contributed by atoms with Gasteiger partial charge >= 0.3 is 0 Å². The Bertz CT molecular complexity index is 358. The van der Waals surface area contributed by atoms with E-state index in [1.165, 1.54) is 11.3 Å². The normalized spacial score (nSPS) is 10.4. The van der Waals surface area contributed by atoms with Crippen molar-refractivity contribution < 1.29 is 5.11 Å². The average molecular weight is 197 g/mol. The molecule has 0 saturated carbocycles. The van der Waals surface area contributed by atoms with Crippen LogP contribution in [0.3, 0.4) is 0 Å². The third kappa shape index (κ3) is 1.23. The minimum atomic E-state index is 0.156. The Morgan fingerprint density at radius 1 is 1.50 bits per heavy atom. The summed E-state index contributed by atoms with van der Waals surface area (Å²) in [5, 5.41) is 12.1. The van der Waals surface area contributed by atoms with E-state index in [2.05, 4.69) is 4.98 Å². The van der Waals surface area contributed by atoms with Gasteiger partial charge in [-0.1, -0.05) is 6.07 Å². The number of aromatic nitrogens is 1. The number of hydrogen-bond donors (Lipinski definition) is 1. The van der Waals surface area contributed by atoms with E-state index in [9.17, 15) is 5.11 Å². The van der Waals surface area contributed by atoms with Crippen molar-refractivity contribution in [2.45, 2.75) is 6.92 Å². The molecule has 2 aromatic heterocycles. The minimum Gasteiger partial charge on any atom is -0.492 e. The monoisotopic (exact) mass is 197 g/mol. The number of aromatic hydroxyl groups is 1. The average Bonchev–Trinajstić information content (AvgIpc) is 2.61.